The van der Waals surface area contributed by atoms with Gasteiger partial charge in [-0.2, -0.15) is 0 Å². The van der Waals surface area contributed by atoms with Gasteiger partial charge in [0.15, 0.2) is 0 Å². The maximum Gasteiger partial charge on any atom is 0.269 e. The molecule has 1 aromatic heterocycles. The lowest BCUT2D eigenvalue weighted by Gasteiger charge is -2.14. The van der Waals surface area contributed by atoms with Crippen LogP contribution in [-0.2, 0) is 10.0 Å². The van der Waals surface area contributed by atoms with Gasteiger partial charge in [-0.1, -0.05) is 18.2 Å². The van der Waals surface area contributed by atoms with E-state index >= 15 is 0 Å². The van der Waals surface area contributed by atoms with Crippen LogP contribution in [0.15, 0.2) is 58.6 Å². The van der Waals surface area contributed by atoms with Gasteiger partial charge in [0, 0.05) is 18.5 Å². The van der Waals surface area contributed by atoms with Crippen molar-refractivity contribution >= 4 is 27.7 Å². The Morgan fingerprint density at radius 1 is 1.10 bits per heavy atom. The molecule has 0 fully saturated rings. The summed E-state index contributed by atoms with van der Waals surface area (Å²) in [5.41, 5.74) is 0.250. The van der Waals surface area contributed by atoms with Gasteiger partial charge in [-0.15, -0.1) is 11.8 Å². The Balaban J connectivity index is 1.74. The molecule has 1 aromatic carbocycles. The molecule has 0 saturated heterocycles. The van der Waals surface area contributed by atoms with Crippen LogP contribution in [0.3, 0.4) is 0 Å². The molecule has 0 aliphatic carbocycles. The smallest absolute Gasteiger partial charge is 0.268 e. The van der Waals surface area contributed by atoms with E-state index < -0.39 is 15.9 Å². The Morgan fingerprint density at radius 3 is 2.57 bits per heavy atom. The summed E-state index contributed by atoms with van der Waals surface area (Å²) in [5, 5.41) is 0.805. The second kappa shape index (κ2) is 5.50. The van der Waals surface area contributed by atoms with Crippen LogP contribution in [-0.4, -0.2) is 35.9 Å². The van der Waals surface area contributed by atoms with Crippen molar-refractivity contribution in [1.82, 2.24) is 9.29 Å². The Bertz CT molecular complexity index is 776. The zero-order chi connectivity index (χ0) is 14.9. The van der Waals surface area contributed by atoms with Crippen molar-refractivity contribution in [3.8, 4) is 0 Å². The zero-order valence-electron chi connectivity index (χ0n) is 11.0. The van der Waals surface area contributed by atoms with Crippen LogP contribution in [0.1, 0.15) is 10.4 Å². The lowest BCUT2D eigenvalue weighted by atomic mass is 10.2. The molecule has 2 aromatic rings. The minimum atomic E-state index is -3.70. The number of fused-ring (bicyclic) bond motifs is 1. The van der Waals surface area contributed by atoms with Crippen LogP contribution in [0.2, 0.25) is 0 Å². The number of benzene rings is 1. The molecule has 0 saturated carbocycles. The monoisotopic (exact) mass is 320 g/mol. The highest BCUT2D eigenvalue weighted by molar-refractivity contribution is 7.99. The number of carbonyl (C=O) groups is 1. The quantitative estimate of drug-likeness (QED) is 0.806. The van der Waals surface area contributed by atoms with E-state index in [9.17, 15) is 13.2 Å². The predicted octanol–water partition coefficient (Wildman–Crippen LogP) is 2.02. The summed E-state index contributed by atoms with van der Waals surface area (Å²) in [6.07, 6.45) is 1.68. The Kier molecular flexibility index (Phi) is 3.69. The number of hydrogen-bond donors (Lipinski definition) is 0. The van der Waals surface area contributed by atoms with Gasteiger partial charge in [0.2, 0.25) is 0 Å². The van der Waals surface area contributed by atoms with Gasteiger partial charge >= 0.3 is 0 Å². The number of sulfonamides is 1. The molecule has 5 nitrogen and oxygen atoms in total. The summed E-state index contributed by atoms with van der Waals surface area (Å²) >= 11 is 1.42. The first kappa shape index (κ1) is 14.1. The van der Waals surface area contributed by atoms with E-state index in [2.05, 4.69) is 4.98 Å². The first-order valence-corrected chi connectivity index (χ1v) is 8.73. The molecular weight excluding hydrogens is 308 g/mol. The fraction of sp³-hybridized carbons (Fsp3) is 0.143. The van der Waals surface area contributed by atoms with E-state index in [0.717, 1.165) is 9.33 Å². The van der Waals surface area contributed by atoms with Crippen molar-refractivity contribution in [1.29, 1.82) is 0 Å². The van der Waals surface area contributed by atoms with Gasteiger partial charge in [-0.25, -0.2) is 17.7 Å². The lowest BCUT2D eigenvalue weighted by Crippen LogP contribution is -2.32. The highest BCUT2D eigenvalue weighted by atomic mass is 32.2. The summed E-state index contributed by atoms with van der Waals surface area (Å²) in [4.78, 5) is 16.4. The van der Waals surface area contributed by atoms with Crippen LogP contribution in [0.25, 0.3) is 0 Å². The van der Waals surface area contributed by atoms with Gasteiger partial charge in [0.1, 0.15) is 4.90 Å². The normalized spacial score (nSPS) is 16.0. The van der Waals surface area contributed by atoms with E-state index in [0.29, 0.717) is 5.75 Å². The van der Waals surface area contributed by atoms with Gasteiger partial charge in [-0.05, 0) is 24.3 Å². The second-order valence-corrected chi connectivity index (χ2v) is 7.34. The van der Waals surface area contributed by atoms with Gasteiger partial charge < -0.3 is 0 Å². The summed E-state index contributed by atoms with van der Waals surface area (Å²) in [6, 6.07) is 11.8. The number of amides is 1. The van der Waals surface area contributed by atoms with Crippen molar-refractivity contribution < 1.29 is 13.2 Å². The maximum absolute atomic E-state index is 12.3. The molecule has 7 heteroatoms. The Morgan fingerprint density at radius 2 is 1.86 bits per heavy atom. The molecule has 0 N–H and O–H groups in total. The number of rotatable bonds is 4. The molecule has 0 atom stereocenters. The first-order chi connectivity index (χ1) is 10.1. The predicted molar refractivity (Wildman–Crippen MR) is 79.6 cm³/mol. The van der Waals surface area contributed by atoms with Crippen molar-refractivity contribution in [3.63, 3.8) is 0 Å². The average Bonchev–Trinajstić information content (AvgIpc) is 2.70. The fourth-order valence-electron chi connectivity index (χ4n) is 2.12. The average molecular weight is 320 g/mol. The molecule has 0 bridgehead atoms. The Hall–Kier alpha value is -1.86. The van der Waals surface area contributed by atoms with E-state index in [1.807, 2.05) is 18.2 Å². The lowest BCUT2D eigenvalue weighted by molar-refractivity contribution is 0.0876. The third kappa shape index (κ3) is 2.54. The number of aromatic nitrogens is 1. The molecule has 2 heterocycles. The van der Waals surface area contributed by atoms with Crippen molar-refractivity contribution in [2.45, 2.75) is 9.92 Å². The molecule has 1 amide bonds. The molecule has 3 rings (SSSR count). The van der Waals surface area contributed by atoms with E-state index in [-0.39, 0.29) is 17.0 Å². The summed E-state index contributed by atoms with van der Waals surface area (Å²) in [6.45, 7) is 0.136. The largest absolute Gasteiger partial charge is 0.269 e. The van der Waals surface area contributed by atoms with Crippen LogP contribution in [0.5, 0.6) is 0 Å². The van der Waals surface area contributed by atoms with Gasteiger partial charge in [0.25, 0.3) is 15.9 Å². The van der Waals surface area contributed by atoms with E-state index in [4.69, 9.17) is 0 Å². The molecule has 1 aliphatic rings. The van der Waals surface area contributed by atoms with Crippen molar-refractivity contribution in [2.75, 3.05) is 12.3 Å². The maximum atomic E-state index is 12.3. The number of thioether (sulfide) groups is 1. The van der Waals surface area contributed by atoms with E-state index in [1.165, 1.54) is 17.8 Å². The van der Waals surface area contributed by atoms with Crippen LogP contribution >= 0.6 is 11.8 Å². The highest BCUT2D eigenvalue weighted by Crippen LogP contribution is 2.30. The minimum absolute atomic E-state index is 0.0952. The third-order valence-electron chi connectivity index (χ3n) is 3.09. The van der Waals surface area contributed by atoms with Crippen LogP contribution in [0.4, 0.5) is 0 Å². The number of carbonyl (C=O) groups excluding carboxylic acids is 1. The molecule has 108 valence electrons. The summed E-state index contributed by atoms with van der Waals surface area (Å²) in [5.74, 6) is 0.0166. The first-order valence-electron chi connectivity index (χ1n) is 6.30. The Labute approximate surface area is 127 Å². The molecule has 0 spiro atoms. The van der Waals surface area contributed by atoms with Gasteiger partial charge in [0.05, 0.1) is 10.6 Å². The van der Waals surface area contributed by atoms with Crippen molar-refractivity contribution in [3.05, 3.63) is 54.2 Å². The summed E-state index contributed by atoms with van der Waals surface area (Å²) < 4.78 is 25.6. The summed E-state index contributed by atoms with van der Waals surface area (Å²) in [7, 11) is -3.70. The second-order valence-electron chi connectivity index (χ2n) is 4.39. The third-order valence-corrected chi connectivity index (χ3v) is 5.86. The van der Waals surface area contributed by atoms with Crippen LogP contribution in [0, 0.1) is 0 Å². The number of pyridine rings is 1. The topological polar surface area (TPSA) is 67.3 Å². The molecule has 21 heavy (non-hydrogen) atoms. The van der Waals surface area contributed by atoms with Gasteiger partial charge in [-0.3, -0.25) is 4.79 Å². The molecule has 0 unspecified atom stereocenters. The van der Waals surface area contributed by atoms with Crippen LogP contribution < -0.4 is 0 Å². The molecule has 1 aliphatic heterocycles. The minimum Gasteiger partial charge on any atom is -0.268 e. The van der Waals surface area contributed by atoms with Crippen molar-refractivity contribution in [2.24, 2.45) is 0 Å². The number of nitrogens with zero attached hydrogens (tertiary/aromatic N) is 2. The zero-order valence-corrected chi connectivity index (χ0v) is 12.6. The fourth-order valence-corrected chi connectivity index (χ4v) is 4.60. The SMILES string of the molecule is O=C1c2ccccc2S(=O)(=O)N1CCSc1ccccn1. The van der Waals surface area contributed by atoms with E-state index in [1.54, 1.807) is 24.4 Å². The molecular formula is C14H12N2O3S2. The highest BCUT2D eigenvalue weighted by Gasteiger charge is 2.40. The number of hydrogen-bond acceptors (Lipinski definition) is 5. The molecule has 0 radical (unpaired) electrons. The standard InChI is InChI=1S/C14H12N2O3S2/c17-14-11-5-1-2-6-12(11)21(18,19)16(14)9-10-20-13-7-3-4-8-15-13/h1-8H,9-10H2.